The van der Waals surface area contributed by atoms with Gasteiger partial charge in [0.2, 0.25) is 0 Å². The molecule has 21 heavy (non-hydrogen) atoms. The largest absolute Gasteiger partial charge is 0.375 e. The number of ether oxygens (including phenoxy) is 1. The van der Waals surface area contributed by atoms with Crippen molar-refractivity contribution in [2.24, 2.45) is 0 Å². The van der Waals surface area contributed by atoms with E-state index >= 15 is 0 Å². The van der Waals surface area contributed by atoms with Gasteiger partial charge < -0.3 is 10.1 Å². The smallest absolute Gasteiger partial charge is 0.252 e. The van der Waals surface area contributed by atoms with Gasteiger partial charge in [-0.1, -0.05) is 6.92 Å². The number of hydrogen-bond donors (Lipinski definition) is 1. The Balaban J connectivity index is 2.11. The average Bonchev–Trinajstić information content (AvgIpc) is 2.91. The molecule has 120 valence electrons. The summed E-state index contributed by atoms with van der Waals surface area (Å²) < 4.78 is 33.0. The lowest BCUT2D eigenvalue weighted by atomic mass is 10.2. The number of hydrogen-bond acceptors (Lipinski definition) is 5. The molecule has 2 atom stereocenters. The fourth-order valence-corrected chi connectivity index (χ4v) is 5.52. The first-order valence-electron chi connectivity index (χ1n) is 7.38. The highest BCUT2D eigenvalue weighted by atomic mass is 32.2. The van der Waals surface area contributed by atoms with Gasteiger partial charge in [-0.2, -0.15) is 4.31 Å². The molecule has 0 aromatic carbocycles. The first-order chi connectivity index (χ1) is 9.95. The van der Waals surface area contributed by atoms with Crippen LogP contribution < -0.4 is 5.32 Å². The molecular formula is C14H24N2O3S2. The topological polar surface area (TPSA) is 58.6 Å². The Morgan fingerprint density at radius 1 is 1.43 bits per heavy atom. The summed E-state index contributed by atoms with van der Waals surface area (Å²) >= 11 is 1.38. The predicted octanol–water partition coefficient (Wildman–Crippen LogP) is 1.70. The van der Waals surface area contributed by atoms with Gasteiger partial charge in [-0.15, -0.1) is 11.3 Å². The molecule has 2 heterocycles. The van der Waals surface area contributed by atoms with E-state index in [0.29, 0.717) is 17.4 Å². The molecule has 1 aromatic rings. The fraction of sp³-hybridized carbons (Fsp3) is 0.714. The van der Waals surface area contributed by atoms with Crippen molar-refractivity contribution in [3.05, 3.63) is 17.0 Å². The van der Waals surface area contributed by atoms with E-state index in [4.69, 9.17) is 4.74 Å². The molecule has 1 N–H and O–H groups in total. The molecule has 1 saturated heterocycles. The molecule has 0 bridgehead atoms. The van der Waals surface area contributed by atoms with E-state index in [-0.39, 0.29) is 12.1 Å². The van der Waals surface area contributed by atoms with Crippen molar-refractivity contribution in [3.8, 4) is 0 Å². The maximum absolute atomic E-state index is 12.8. The zero-order chi connectivity index (χ0) is 15.5. The summed E-state index contributed by atoms with van der Waals surface area (Å²) in [6.45, 7) is 8.55. The van der Waals surface area contributed by atoms with E-state index in [0.717, 1.165) is 24.4 Å². The summed E-state index contributed by atoms with van der Waals surface area (Å²) in [6, 6.07) is 3.54. The summed E-state index contributed by atoms with van der Waals surface area (Å²) in [5.41, 5.74) is 0. The van der Waals surface area contributed by atoms with Gasteiger partial charge in [-0.3, -0.25) is 0 Å². The van der Waals surface area contributed by atoms with Crippen molar-refractivity contribution in [2.75, 3.05) is 26.2 Å². The number of morpholine rings is 1. The Bertz CT molecular complexity index is 556. The molecule has 5 nitrogen and oxygen atoms in total. The van der Waals surface area contributed by atoms with E-state index in [9.17, 15) is 8.42 Å². The lowest BCUT2D eigenvalue weighted by Gasteiger charge is -2.35. The van der Waals surface area contributed by atoms with Gasteiger partial charge in [-0.25, -0.2) is 8.42 Å². The Labute approximate surface area is 131 Å². The van der Waals surface area contributed by atoms with Crippen molar-refractivity contribution in [3.63, 3.8) is 0 Å². The Morgan fingerprint density at radius 2 is 2.19 bits per heavy atom. The van der Waals surface area contributed by atoms with Crippen LogP contribution >= 0.6 is 11.3 Å². The molecule has 1 fully saturated rings. The monoisotopic (exact) mass is 332 g/mol. The highest BCUT2D eigenvalue weighted by Gasteiger charge is 2.34. The SMILES string of the molecule is CCNCCc1ccc(S(=O)(=O)N2CC(C)OCC2C)s1. The molecule has 0 radical (unpaired) electrons. The highest BCUT2D eigenvalue weighted by Crippen LogP contribution is 2.28. The Morgan fingerprint density at radius 3 is 2.90 bits per heavy atom. The molecule has 1 aliphatic rings. The molecule has 0 amide bonds. The summed E-state index contributed by atoms with van der Waals surface area (Å²) in [5.74, 6) is 0. The van der Waals surface area contributed by atoms with Crippen LogP contribution in [0.25, 0.3) is 0 Å². The van der Waals surface area contributed by atoms with Crippen molar-refractivity contribution >= 4 is 21.4 Å². The van der Waals surface area contributed by atoms with Crippen LogP contribution in [0, 0.1) is 0 Å². The molecule has 1 aromatic heterocycles. The third-order valence-electron chi connectivity index (χ3n) is 3.55. The normalized spacial score (nSPS) is 24.3. The van der Waals surface area contributed by atoms with Crippen LogP contribution in [0.4, 0.5) is 0 Å². The second-order valence-corrected chi connectivity index (χ2v) is 8.68. The second kappa shape index (κ2) is 7.19. The van der Waals surface area contributed by atoms with Gasteiger partial charge >= 0.3 is 0 Å². The van der Waals surface area contributed by atoms with Crippen LogP contribution in [0.1, 0.15) is 25.6 Å². The van der Waals surface area contributed by atoms with Gasteiger partial charge in [0.25, 0.3) is 10.0 Å². The van der Waals surface area contributed by atoms with Gasteiger partial charge in [0, 0.05) is 17.5 Å². The molecule has 0 saturated carbocycles. The fourth-order valence-electron chi connectivity index (χ4n) is 2.34. The quantitative estimate of drug-likeness (QED) is 0.806. The van der Waals surface area contributed by atoms with Crippen LogP contribution in [0.3, 0.4) is 0 Å². The third kappa shape index (κ3) is 4.04. The van der Waals surface area contributed by atoms with Crippen molar-refractivity contribution in [2.45, 2.75) is 43.5 Å². The predicted molar refractivity (Wildman–Crippen MR) is 85.3 cm³/mol. The van der Waals surface area contributed by atoms with Crippen molar-refractivity contribution < 1.29 is 13.2 Å². The maximum atomic E-state index is 12.8. The zero-order valence-electron chi connectivity index (χ0n) is 12.8. The minimum Gasteiger partial charge on any atom is -0.375 e. The van der Waals surface area contributed by atoms with Crippen molar-refractivity contribution in [1.29, 1.82) is 0 Å². The van der Waals surface area contributed by atoms with E-state index in [1.54, 1.807) is 10.4 Å². The van der Waals surface area contributed by atoms with Crippen LogP contribution in [-0.2, 0) is 21.2 Å². The van der Waals surface area contributed by atoms with Gasteiger partial charge in [-0.05, 0) is 45.5 Å². The summed E-state index contributed by atoms with van der Waals surface area (Å²) in [4.78, 5) is 1.10. The maximum Gasteiger partial charge on any atom is 0.252 e. The van der Waals surface area contributed by atoms with E-state index in [1.165, 1.54) is 11.3 Å². The number of likely N-dealkylation sites (N-methyl/N-ethyl adjacent to an activating group) is 1. The molecule has 1 aliphatic heterocycles. The van der Waals surface area contributed by atoms with Gasteiger partial charge in [0.05, 0.1) is 12.7 Å². The zero-order valence-corrected chi connectivity index (χ0v) is 14.5. The van der Waals surface area contributed by atoms with Crippen LogP contribution in [0.15, 0.2) is 16.3 Å². The molecular weight excluding hydrogens is 308 g/mol. The van der Waals surface area contributed by atoms with E-state index in [1.807, 2.05) is 19.9 Å². The molecule has 0 aliphatic carbocycles. The minimum atomic E-state index is -3.40. The highest BCUT2D eigenvalue weighted by molar-refractivity contribution is 7.91. The third-order valence-corrected chi connectivity index (χ3v) is 7.14. The van der Waals surface area contributed by atoms with Crippen LogP contribution in [0.5, 0.6) is 0 Å². The number of sulfonamides is 1. The summed E-state index contributed by atoms with van der Waals surface area (Å²) in [7, 11) is -3.40. The van der Waals surface area contributed by atoms with Crippen molar-refractivity contribution in [1.82, 2.24) is 9.62 Å². The van der Waals surface area contributed by atoms with Crippen LogP contribution in [-0.4, -0.2) is 51.1 Å². The summed E-state index contributed by atoms with van der Waals surface area (Å²) in [5, 5.41) is 3.25. The van der Waals surface area contributed by atoms with Crippen LogP contribution in [0.2, 0.25) is 0 Å². The number of thiophene rings is 1. The Hall–Kier alpha value is -0.470. The van der Waals surface area contributed by atoms with Gasteiger partial charge in [0.1, 0.15) is 4.21 Å². The standard InChI is InChI=1S/C14H24N2O3S2/c1-4-15-8-7-13-5-6-14(20-13)21(17,18)16-9-12(3)19-10-11(16)2/h5-6,11-12,15H,4,7-10H2,1-3H3. The van der Waals surface area contributed by atoms with E-state index in [2.05, 4.69) is 12.2 Å². The number of nitrogens with zero attached hydrogens (tertiary/aromatic N) is 1. The molecule has 2 unspecified atom stereocenters. The molecule has 7 heteroatoms. The van der Waals surface area contributed by atoms with E-state index < -0.39 is 10.0 Å². The Kier molecular flexibility index (Phi) is 5.79. The lowest BCUT2D eigenvalue weighted by molar-refractivity contribution is -0.0170. The van der Waals surface area contributed by atoms with Gasteiger partial charge in [0.15, 0.2) is 0 Å². The summed E-state index contributed by atoms with van der Waals surface area (Å²) in [6.07, 6.45) is 0.812. The minimum absolute atomic E-state index is 0.0517. The molecule has 0 spiro atoms. The second-order valence-electron chi connectivity index (χ2n) is 5.39. The molecule has 2 rings (SSSR count). The average molecular weight is 332 g/mol. The number of nitrogens with one attached hydrogen (secondary N) is 1. The lowest BCUT2D eigenvalue weighted by Crippen LogP contribution is -2.49. The number of rotatable bonds is 6. The first-order valence-corrected chi connectivity index (χ1v) is 9.63. The first kappa shape index (κ1) is 16.9.